The minimum Gasteiger partial charge on any atom is -0.316 e. The van der Waals surface area contributed by atoms with Crippen molar-refractivity contribution in [2.75, 3.05) is 32.7 Å². The average Bonchev–Trinajstić information content (AvgIpc) is 2.44. The summed E-state index contributed by atoms with van der Waals surface area (Å²) in [7, 11) is 0. The predicted octanol–water partition coefficient (Wildman–Crippen LogP) is 1.72. The van der Waals surface area contributed by atoms with Crippen molar-refractivity contribution in [1.82, 2.24) is 10.2 Å². The molecule has 2 fully saturated rings. The molecule has 2 heteroatoms. The van der Waals surface area contributed by atoms with Crippen LogP contribution >= 0.6 is 0 Å². The molecule has 0 bridgehead atoms. The highest BCUT2D eigenvalue weighted by Gasteiger charge is 2.25. The molecule has 2 aliphatic heterocycles. The second-order valence-corrected chi connectivity index (χ2v) is 5.11. The van der Waals surface area contributed by atoms with Gasteiger partial charge in [-0.1, -0.05) is 19.8 Å². The first kappa shape index (κ1) is 10.4. The normalized spacial score (nSPS) is 35.8. The second kappa shape index (κ2) is 5.13. The quantitative estimate of drug-likeness (QED) is 0.723. The summed E-state index contributed by atoms with van der Waals surface area (Å²) in [5.41, 5.74) is 0. The minimum absolute atomic E-state index is 0.887. The molecule has 0 radical (unpaired) electrons. The number of hydrogen-bond donors (Lipinski definition) is 1. The lowest BCUT2D eigenvalue weighted by Gasteiger charge is -2.25. The van der Waals surface area contributed by atoms with Gasteiger partial charge in [0.1, 0.15) is 0 Å². The third kappa shape index (κ3) is 2.71. The molecular formula is C12H24N2. The molecule has 0 aromatic rings. The molecule has 0 amide bonds. The Morgan fingerprint density at radius 3 is 2.36 bits per heavy atom. The van der Waals surface area contributed by atoms with Gasteiger partial charge in [-0.2, -0.15) is 0 Å². The van der Waals surface area contributed by atoms with Crippen molar-refractivity contribution >= 4 is 0 Å². The molecule has 2 aliphatic rings. The molecule has 1 N–H and O–H groups in total. The van der Waals surface area contributed by atoms with Gasteiger partial charge < -0.3 is 10.2 Å². The van der Waals surface area contributed by atoms with E-state index in [1.54, 1.807) is 0 Å². The molecule has 2 rings (SSSR count). The number of likely N-dealkylation sites (tertiary alicyclic amines) is 1. The number of hydrogen-bond acceptors (Lipinski definition) is 2. The van der Waals surface area contributed by atoms with E-state index in [-0.39, 0.29) is 0 Å². The van der Waals surface area contributed by atoms with Crippen LogP contribution in [0.4, 0.5) is 0 Å². The maximum atomic E-state index is 3.50. The van der Waals surface area contributed by atoms with E-state index in [4.69, 9.17) is 0 Å². The summed E-state index contributed by atoms with van der Waals surface area (Å²) in [5.74, 6) is 1.80. The largest absolute Gasteiger partial charge is 0.316 e. The van der Waals surface area contributed by atoms with Crippen LogP contribution in [0.5, 0.6) is 0 Å². The molecule has 2 atom stereocenters. The van der Waals surface area contributed by atoms with E-state index >= 15 is 0 Å². The van der Waals surface area contributed by atoms with Gasteiger partial charge in [0.2, 0.25) is 0 Å². The monoisotopic (exact) mass is 196 g/mol. The fraction of sp³-hybridized carbons (Fsp3) is 1.00. The molecule has 14 heavy (non-hydrogen) atoms. The second-order valence-electron chi connectivity index (χ2n) is 5.11. The topological polar surface area (TPSA) is 15.3 Å². The van der Waals surface area contributed by atoms with E-state index in [0.29, 0.717) is 0 Å². The minimum atomic E-state index is 0.887. The molecule has 2 heterocycles. The average molecular weight is 196 g/mol. The summed E-state index contributed by atoms with van der Waals surface area (Å²) in [6.45, 7) is 8.92. The maximum Gasteiger partial charge on any atom is 0.00248 e. The van der Waals surface area contributed by atoms with E-state index in [0.717, 1.165) is 11.8 Å². The van der Waals surface area contributed by atoms with E-state index in [1.807, 2.05) is 0 Å². The lowest BCUT2D eigenvalue weighted by molar-refractivity contribution is 0.225. The van der Waals surface area contributed by atoms with Crippen LogP contribution in [0, 0.1) is 11.8 Å². The van der Waals surface area contributed by atoms with Crippen molar-refractivity contribution in [3.05, 3.63) is 0 Å². The third-order valence-electron chi connectivity index (χ3n) is 3.87. The summed E-state index contributed by atoms with van der Waals surface area (Å²) in [6, 6.07) is 0. The first-order valence-corrected chi connectivity index (χ1v) is 6.29. The SMILES string of the molecule is CC1CNCC1CN1CCCCCC1. The first-order chi connectivity index (χ1) is 6.86. The number of rotatable bonds is 2. The van der Waals surface area contributed by atoms with Crippen LogP contribution in [0.1, 0.15) is 32.6 Å². The van der Waals surface area contributed by atoms with Gasteiger partial charge in [0.15, 0.2) is 0 Å². The fourth-order valence-corrected chi connectivity index (χ4v) is 2.76. The van der Waals surface area contributed by atoms with Gasteiger partial charge in [-0.3, -0.25) is 0 Å². The van der Waals surface area contributed by atoms with Crippen molar-refractivity contribution < 1.29 is 0 Å². The van der Waals surface area contributed by atoms with E-state index in [9.17, 15) is 0 Å². The highest BCUT2D eigenvalue weighted by Crippen LogP contribution is 2.19. The Kier molecular flexibility index (Phi) is 3.82. The van der Waals surface area contributed by atoms with Crippen molar-refractivity contribution in [2.24, 2.45) is 11.8 Å². The van der Waals surface area contributed by atoms with Crippen LogP contribution in [-0.4, -0.2) is 37.6 Å². The summed E-state index contributed by atoms with van der Waals surface area (Å²) in [4.78, 5) is 2.70. The van der Waals surface area contributed by atoms with Gasteiger partial charge in [0.25, 0.3) is 0 Å². The van der Waals surface area contributed by atoms with E-state index in [1.165, 1.54) is 58.4 Å². The maximum absolute atomic E-state index is 3.50. The molecule has 82 valence electrons. The van der Waals surface area contributed by atoms with Gasteiger partial charge in [0.05, 0.1) is 0 Å². The highest BCUT2D eigenvalue weighted by molar-refractivity contribution is 4.81. The molecule has 0 aromatic carbocycles. The van der Waals surface area contributed by atoms with Crippen LogP contribution in [0.15, 0.2) is 0 Å². The Morgan fingerprint density at radius 2 is 1.79 bits per heavy atom. The fourth-order valence-electron chi connectivity index (χ4n) is 2.76. The number of nitrogens with zero attached hydrogens (tertiary/aromatic N) is 1. The molecule has 0 saturated carbocycles. The standard InChI is InChI=1S/C12H24N2/c1-11-8-13-9-12(11)10-14-6-4-2-3-5-7-14/h11-13H,2-10H2,1H3. The Bertz CT molecular complexity index is 162. The Labute approximate surface area is 88.1 Å². The molecule has 0 spiro atoms. The summed E-state index contributed by atoms with van der Waals surface area (Å²) in [6.07, 6.45) is 5.76. The summed E-state index contributed by atoms with van der Waals surface area (Å²) in [5, 5.41) is 3.50. The molecule has 0 aromatic heterocycles. The molecule has 2 nitrogen and oxygen atoms in total. The third-order valence-corrected chi connectivity index (χ3v) is 3.87. The Hall–Kier alpha value is -0.0800. The zero-order chi connectivity index (χ0) is 9.80. The van der Waals surface area contributed by atoms with Crippen LogP contribution in [0.25, 0.3) is 0 Å². The number of nitrogens with one attached hydrogen (secondary N) is 1. The van der Waals surface area contributed by atoms with Gasteiger partial charge in [-0.05, 0) is 50.9 Å². The van der Waals surface area contributed by atoms with Crippen molar-refractivity contribution in [3.8, 4) is 0 Å². The predicted molar refractivity (Wildman–Crippen MR) is 60.4 cm³/mol. The Morgan fingerprint density at radius 1 is 1.07 bits per heavy atom. The van der Waals surface area contributed by atoms with E-state index < -0.39 is 0 Å². The lowest BCUT2D eigenvalue weighted by atomic mass is 9.97. The van der Waals surface area contributed by atoms with Crippen molar-refractivity contribution in [3.63, 3.8) is 0 Å². The summed E-state index contributed by atoms with van der Waals surface area (Å²) >= 11 is 0. The highest BCUT2D eigenvalue weighted by atomic mass is 15.1. The zero-order valence-corrected chi connectivity index (χ0v) is 9.47. The van der Waals surface area contributed by atoms with E-state index in [2.05, 4.69) is 17.1 Å². The molecule has 2 unspecified atom stereocenters. The van der Waals surface area contributed by atoms with Gasteiger partial charge in [0, 0.05) is 6.54 Å². The van der Waals surface area contributed by atoms with Crippen LogP contribution < -0.4 is 5.32 Å². The van der Waals surface area contributed by atoms with Crippen LogP contribution in [-0.2, 0) is 0 Å². The van der Waals surface area contributed by atoms with Crippen LogP contribution in [0.3, 0.4) is 0 Å². The Balaban J connectivity index is 1.77. The lowest BCUT2D eigenvalue weighted by Crippen LogP contribution is -2.33. The van der Waals surface area contributed by atoms with Gasteiger partial charge in [-0.15, -0.1) is 0 Å². The van der Waals surface area contributed by atoms with Crippen molar-refractivity contribution in [1.29, 1.82) is 0 Å². The van der Waals surface area contributed by atoms with Gasteiger partial charge in [-0.25, -0.2) is 0 Å². The zero-order valence-electron chi connectivity index (χ0n) is 9.47. The summed E-state index contributed by atoms with van der Waals surface area (Å²) < 4.78 is 0. The molecule has 0 aliphatic carbocycles. The first-order valence-electron chi connectivity index (χ1n) is 6.29. The molecule has 2 saturated heterocycles. The van der Waals surface area contributed by atoms with Crippen LogP contribution in [0.2, 0.25) is 0 Å². The molecular weight excluding hydrogens is 172 g/mol. The smallest absolute Gasteiger partial charge is 0.00248 e. The van der Waals surface area contributed by atoms with Crippen molar-refractivity contribution in [2.45, 2.75) is 32.6 Å². The van der Waals surface area contributed by atoms with Gasteiger partial charge >= 0.3 is 0 Å².